The molecule has 3 aromatic rings. The Morgan fingerprint density at radius 3 is 2.58 bits per heavy atom. The van der Waals surface area contributed by atoms with E-state index < -0.39 is 0 Å². The molecule has 0 aliphatic heterocycles. The standard InChI is InChI=1S/C16H12FNO/c1-11-2-5-13(6-3-11)19-16-8-9-18-15-7-4-12(17)10-14(15)16/h2-10H,1H3. The lowest BCUT2D eigenvalue weighted by atomic mass is 10.2. The average Bonchev–Trinajstić information content (AvgIpc) is 2.42. The summed E-state index contributed by atoms with van der Waals surface area (Å²) in [4.78, 5) is 4.19. The SMILES string of the molecule is Cc1ccc(Oc2ccnc3ccc(F)cc23)cc1. The highest BCUT2D eigenvalue weighted by atomic mass is 19.1. The van der Waals surface area contributed by atoms with Gasteiger partial charge in [0, 0.05) is 11.6 Å². The number of aryl methyl sites for hydroxylation is 1. The Kier molecular flexibility index (Phi) is 2.88. The summed E-state index contributed by atoms with van der Waals surface area (Å²) in [6.07, 6.45) is 1.66. The molecule has 1 heterocycles. The van der Waals surface area contributed by atoms with Crippen molar-refractivity contribution in [2.75, 3.05) is 0 Å². The molecule has 2 nitrogen and oxygen atoms in total. The molecule has 0 saturated heterocycles. The molecule has 0 atom stereocenters. The van der Waals surface area contributed by atoms with Crippen LogP contribution < -0.4 is 4.74 Å². The fraction of sp³-hybridized carbons (Fsp3) is 0.0625. The van der Waals surface area contributed by atoms with Crippen molar-refractivity contribution in [3.05, 3.63) is 66.1 Å². The number of ether oxygens (including phenoxy) is 1. The van der Waals surface area contributed by atoms with Crippen molar-refractivity contribution in [1.82, 2.24) is 4.98 Å². The van der Waals surface area contributed by atoms with Crippen molar-refractivity contribution in [2.24, 2.45) is 0 Å². The van der Waals surface area contributed by atoms with Crippen LogP contribution in [0, 0.1) is 12.7 Å². The van der Waals surface area contributed by atoms with Crippen LogP contribution >= 0.6 is 0 Å². The normalized spacial score (nSPS) is 10.6. The minimum absolute atomic E-state index is 0.297. The lowest BCUT2D eigenvalue weighted by molar-refractivity contribution is 0.487. The molecule has 0 saturated carbocycles. The van der Waals surface area contributed by atoms with Crippen LogP contribution in [-0.2, 0) is 0 Å². The first-order valence-electron chi connectivity index (χ1n) is 6.01. The van der Waals surface area contributed by atoms with Crippen molar-refractivity contribution < 1.29 is 9.13 Å². The molecule has 3 heteroatoms. The summed E-state index contributed by atoms with van der Waals surface area (Å²) in [7, 11) is 0. The van der Waals surface area contributed by atoms with Gasteiger partial charge in [-0.05, 0) is 43.3 Å². The van der Waals surface area contributed by atoms with Gasteiger partial charge in [0.05, 0.1) is 5.52 Å². The van der Waals surface area contributed by atoms with Gasteiger partial charge in [0.15, 0.2) is 0 Å². The molecule has 0 aliphatic rings. The number of rotatable bonds is 2. The highest BCUT2D eigenvalue weighted by Crippen LogP contribution is 2.29. The maximum atomic E-state index is 13.3. The maximum Gasteiger partial charge on any atom is 0.138 e. The third-order valence-electron chi connectivity index (χ3n) is 2.91. The quantitative estimate of drug-likeness (QED) is 0.672. The lowest BCUT2D eigenvalue weighted by Gasteiger charge is -2.08. The molecule has 0 radical (unpaired) electrons. The van der Waals surface area contributed by atoms with Crippen LogP contribution in [0.1, 0.15) is 5.56 Å². The largest absolute Gasteiger partial charge is 0.457 e. The van der Waals surface area contributed by atoms with E-state index in [1.165, 1.54) is 12.1 Å². The van der Waals surface area contributed by atoms with E-state index in [0.29, 0.717) is 16.7 Å². The van der Waals surface area contributed by atoms with Gasteiger partial charge < -0.3 is 4.74 Å². The molecule has 19 heavy (non-hydrogen) atoms. The predicted octanol–water partition coefficient (Wildman–Crippen LogP) is 4.47. The van der Waals surface area contributed by atoms with Crippen molar-refractivity contribution in [3.8, 4) is 11.5 Å². The Balaban J connectivity index is 2.05. The monoisotopic (exact) mass is 253 g/mol. The number of halogens is 1. The minimum Gasteiger partial charge on any atom is -0.457 e. The second-order valence-electron chi connectivity index (χ2n) is 4.39. The predicted molar refractivity (Wildman–Crippen MR) is 73.0 cm³/mol. The van der Waals surface area contributed by atoms with E-state index in [2.05, 4.69) is 4.98 Å². The molecular weight excluding hydrogens is 241 g/mol. The summed E-state index contributed by atoms with van der Waals surface area (Å²) in [5.41, 5.74) is 1.88. The zero-order valence-corrected chi connectivity index (χ0v) is 10.4. The molecule has 0 N–H and O–H groups in total. The number of hydrogen-bond donors (Lipinski definition) is 0. The van der Waals surface area contributed by atoms with Crippen LogP contribution in [0.3, 0.4) is 0 Å². The average molecular weight is 253 g/mol. The third kappa shape index (κ3) is 2.40. The zero-order chi connectivity index (χ0) is 13.2. The fourth-order valence-corrected chi connectivity index (χ4v) is 1.92. The van der Waals surface area contributed by atoms with Crippen molar-refractivity contribution >= 4 is 10.9 Å². The molecule has 0 fully saturated rings. The molecule has 94 valence electrons. The number of fused-ring (bicyclic) bond motifs is 1. The van der Waals surface area contributed by atoms with Gasteiger partial charge in [0.1, 0.15) is 17.3 Å². The van der Waals surface area contributed by atoms with Crippen molar-refractivity contribution in [1.29, 1.82) is 0 Å². The first-order chi connectivity index (χ1) is 9.22. The Morgan fingerprint density at radius 2 is 1.79 bits per heavy atom. The molecular formula is C16H12FNO. The summed E-state index contributed by atoms with van der Waals surface area (Å²) >= 11 is 0. The Morgan fingerprint density at radius 1 is 1.00 bits per heavy atom. The second kappa shape index (κ2) is 4.69. The summed E-state index contributed by atoms with van der Waals surface area (Å²) in [6, 6.07) is 13.9. The highest BCUT2D eigenvalue weighted by molar-refractivity contribution is 5.85. The van der Waals surface area contributed by atoms with Gasteiger partial charge in [-0.25, -0.2) is 4.39 Å². The Hall–Kier alpha value is -2.42. The topological polar surface area (TPSA) is 22.1 Å². The first-order valence-corrected chi connectivity index (χ1v) is 6.01. The van der Waals surface area contributed by atoms with Crippen LogP contribution in [0.4, 0.5) is 4.39 Å². The van der Waals surface area contributed by atoms with E-state index in [0.717, 1.165) is 11.3 Å². The summed E-state index contributed by atoms with van der Waals surface area (Å²) in [5, 5.41) is 0.670. The van der Waals surface area contributed by atoms with Gasteiger partial charge in [0.2, 0.25) is 0 Å². The van der Waals surface area contributed by atoms with E-state index in [4.69, 9.17) is 4.74 Å². The third-order valence-corrected chi connectivity index (χ3v) is 2.91. The van der Waals surface area contributed by atoms with E-state index in [1.807, 2.05) is 31.2 Å². The first kappa shape index (κ1) is 11.7. The van der Waals surface area contributed by atoms with Gasteiger partial charge in [-0.2, -0.15) is 0 Å². The lowest BCUT2D eigenvalue weighted by Crippen LogP contribution is -1.88. The van der Waals surface area contributed by atoms with Crippen LogP contribution in [0.5, 0.6) is 11.5 Å². The molecule has 0 unspecified atom stereocenters. The smallest absolute Gasteiger partial charge is 0.138 e. The van der Waals surface area contributed by atoms with Gasteiger partial charge in [-0.1, -0.05) is 17.7 Å². The van der Waals surface area contributed by atoms with Gasteiger partial charge in [-0.15, -0.1) is 0 Å². The Bertz CT molecular complexity index is 722. The molecule has 0 bridgehead atoms. The number of hydrogen-bond acceptors (Lipinski definition) is 2. The van der Waals surface area contributed by atoms with Crippen molar-refractivity contribution in [2.45, 2.75) is 6.92 Å². The van der Waals surface area contributed by atoms with Gasteiger partial charge in [-0.3, -0.25) is 4.98 Å². The number of benzene rings is 2. The van der Waals surface area contributed by atoms with Gasteiger partial charge >= 0.3 is 0 Å². The van der Waals surface area contributed by atoms with E-state index >= 15 is 0 Å². The number of nitrogens with zero attached hydrogens (tertiary/aromatic N) is 1. The summed E-state index contributed by atoms with van der Waals surface area (Å²) in [5.74, 6) is 1.03. The van der Waals surface area contributed by atoms with E-state index in [9.17, 15) is 4.39 Å². The second-order valence-corrected chi connectivity index (χ2v) is 4.39. The molecule has 0 amide bonds. The van der Waals surface area contributed by atoms with Crippen LogP contribution in [0.2, 0.25) is 0 Å². The molecule has 0 aliphatic carbocycles. The van der Waals surface area contributed by atoms with Crippen molar-refractivity contribution in [3.63, 3.8) is 0 Å². The zero-order valence-electron chi connectivity index (χ0n) is 10.4. The summed E-state index contributed by atoms with van der Waals surface area (Å²) < 4.78 is 19.1. The van der Waals surface area contributed by atoms with Crippen LogP contribution in [0.15, 0.2) is 54.7 Å². The Labute approximate surface area is 110 Å². The highest BCUT2D eigenvalue weighted by Gasteiger charge is 2.05. The van der Waals surface area contributed by atoms with Crippen LogP contribution in [-0.4, -0.2) is 4.98 Å². The maximum absolute atomic E-state index is 13.3. The number of aromatic nitrogens is 1. The van der Waals surface area contributed by atoms with E-state index in [-0.39, 0.29) is 5.82 Å². The van der Waals surface area contributed by atoms with E-state index in [1.54, 1.807) is 18.3 Å². The van der Waals surface area contributed by atoms with Gasteiger partial charge in [0.25, 0.3) is 0 Å². The van der Waals surface area contributed by atoms with Crippen LogP contribution in [0.25, 0.3) is 10.9 Å². The molecule has 1 aromatic heterocycles. The summed E-state index contributed by atoms with van der Waals surface area (Å²) in [6.45, 7) is 2.01. The fourth-order valence-electron chi connectivity index (χ4n) is 1.92. The minimum atomic E-state index is -0.297. The number of pyridine rings is 1. The molecule has 0 spiro atoms. The molecule has 3 rings (SSSR count). The molecule has 2 aromatic carbocycles.